The van der Waals surface area contributed by atoms with Crippen LogP contribution in [0.5, 0.6) is 5.75 Å². The highest BCUT2D eigenvalue weighted by Gasteiger charge is 2.33. The van der Waals surface area contributed by atoms with Gasteiger partial charge in [-0.2, -0.15) is 0 Å². The first-order valence-electron chi connectivity index (χ1n) is 10.3. The van der Waals surface area contributed by atoms with Gasteiger partial charge >= 0.3 is 0 Å². The van der Waals surface area contributed by atoms with Gasteiger partial charge in [-0.15, -0.1) is 11.3 Å². The molecule has 1 N–H and O–H groups in total. The Kier molecular flexibility index (Phi) is 6.50. The SMILES string of the molecule is COc1ccccc1/C=C/CN1CCNC(=O)[C@@H]1CC(=O)N1CCc2sccc2C1. The Hall–Kier alpha value is -2.64. The molecular weight excluding hydrogens is 398 g/mol. The maximum atomic E-state index is 13.0. The summed E-state index contributed by atoms with van der Waals surface area (Å²) >= 11 is 1.76. The predicted octanol–water partition coefficient (Wildman–Crippen LogP) is 2.55. The number of methoxy groups -OCH3 is 1. The molecule has 2 aliphatic rings. The molecule has 0 radical (unpaired) electrons. The average Bonchev–Trinajstić information content (AvgIpc) is 3.24. The second kappa shape index (κ2) is 9.45. The third-order valence-corrected chi connectivity index (χ3v) is 6.77. The molecule has 0 unspecified atom stereocenters. The number of amides is 2. The van der Waals surface area contributed by atoms with E-state index in [1.165, 1.54) is 10.4 Å². The van der Waals surface area contributed by atoms with Crippen LogP contribution in [-0.4, -0.2) is 60.9 Å². The van der Waals surface area contributed by atoms with Gasteiger partial charge in [0.1, 0.15) is 5.75 Å². The molecule has 2 amide bonds. The van der Waals surface area contributed by atoms with E-state index in [0.29, 0.717) is 19.6 Å². The van der Waals surface area contributed by atoms with E-state index in [-0.39, 0.29) is 18.2 Å². The Bertz CT molecular complexity index is 939. The monoisotopic (exact) mass is 425 g/mol. The van der Waals surface area contributed by atoms with Crippen LogP contribution in [0.25, 0.3) is 6.08 Å². The van der Waals surface area contributed by atoms with Gasteiger partial charge in [0, 0.05) is 43.2 Å². The van der Waals surface area contributed by atoms with Gasteiger partial charge in [-0.25, -0.2) is 0 Å². The Morgan fingerprint density at radius 2 is 2.17 bits per heavy atom. The number of para-hydroxylation sites is 1. The molecular formula is C23H27N3O3S. The van der Waals surface area contributed by atoms with Crippen LogP contribution in [0.4, 0.5) is 0 Å². The molecule has 1 aromatic heterocycles. The Morgan fingerprint density at radius 3 is 3.03 bits per heavy atom. The normalized spacial score (nSPS) is 19.6. The summed E-state index contributed by atoms with van der Waals surface area (Å²) in [4.78, 5) is 30.9. The number of benzene rings is 1. The highest BCUT2D eigenvalue weighted by Crippen LogP contribution is 2.25. The first-order valence-corrected chi connectivity index (χ1v) is 11.2. The zero-order valence-electron chi connectivity index (χ0n) is 17.2. The fraction of sp³-hybridized carbons (Fsp3) is 0.391. The van der Waals surface area contributed by atoms with Crippen LogP contribution in [0.2, 0.25) is 0 Å². The minimum Gasteiger partial charge on any atom is -0.496 e. The van der Waals surface area contributed by atoms with E-state index < -0.39 is 6.04 Å². The molecule has 4 rings (SSSR count). The molecule has 3 heterocycles. The zero-order valence-corrected chi connectivity index (χ0v) is 18.0. The maximum Gasteiger partial charge on any atom is 0.237 e. The molecule has 30 heavy (non-hydrogen) atoms. The minimum absolute atomic E-state index is 0.0487. The molecule has 1 fully saturated rings. The lowest BCUT2D eigenvalue weighted by Gasteiger charge is -2.35. The van der Waals surface area contributed by atoms with Crippen molar-refractivity contribution in [3.8, 4) is 5.75 Å². The minimum atomic E-state index is -0.433. The number of hydrogen-bond acceptors (Lipinski definition) is 5. The van der Waals surface area contributed by atoms with Gasteiger partial charge in [0.15, 0.2) is 0 Å². The molecule has 158 valence electrons. The molecule has 0 saturated carbocycles. The number of carbonyl (C=O) groups excluding carboxylic acids is 2. The summed E-state index contributed by atoms with van der Waals surface area (Å²) in [6, 6.07) is 9.49. The Balaban J connectivity index is 1.40. The summed E-state index contributed by atoms with van der Waals surface area (Å²) < 4.78 is 5.39. The number of ether oxygens (including phenoxy) is 1. The van der Waals surface area contributed by atoms with E-state index in [1.54, 1.807) is 18.4 Å². The van der Waals surface area contributed by atoms with E-state index in [0.717, 1.165) is 30.8 Å². The van der Waals surface area contributed by atoms with Crippen molar-refractivity contribution in [1.82, 2.24) is 15.1 Å². The van der Waals surface area contributed by atoms with Crippen LogP contribution in [0.15, 0.2) is 41.8 Å². The quantitative estimate of drug-likeness (QED) is 0.773. The largest absolute Gasteiger partial charge is 0.496 e. The summed E-state index contributed by atoms with van der Waals surface area (Å²) in [6.07, 6.45) is 5.16. The first kappa shape index (κ1) is 20.6. The molecule has 2 aromatic rings. The highest BCUT2D eigenvalue weighted by atomic mass is 32.1. The van der Waals surface area contributed by atoms with Crippen LogP contribution < -0.4 is 10.1 Å². The fourth-order valence-corrected chi connectivity index (χ4v) is 4.97. The lowest BCUT2D eigenvalue weighted by molar-refractivity contribution is -0.139. The third kappa shape index (κ3) is 4.57. The zero-order chi connectivity index (χ0) is 20.9. The van der Waals surface area contributed by atoms with Gasteiger partial charge in [0.25, 0.3) is 0 Å². The average molecular weight is 426 g/mol. The van der Waals surface area contributed by atoms with Gasteiger partial charge in [-0.05, 0) is 29.5 Å². The first-order chi connectivity index (χ1) is 14.7. The summed E-state index contributed by atoms with van der Waals surface area (Å²) in [6.45, 7) is 3.33. The van der Waals surface area contributed by atoms with Crippen molar-refractivity contribution in [2.75, 3.05) is 33.3 Å². The van der Waals surface area contributed by atoms with Gasteiger partial charge < -0.3 is 15.0 Å². The van der Waals surface area contributed by atoms with Gasteiger partial charge in [0.05, 0.1) is 19.6 Å². The van der Waals surface area contributed by atoms with Gasteiger partial charge in [-0.3, -0.25) is 14.5 Å². The highest BCUT2D eigenvalue weighted by molar-refractivity contribution is 7.10. The number of carbonyl (C=O) groups is 2. The van der Waals surface area contributed by atoms with Crippen molar-refractivity contribution in [3.05, 3.63) is 57.8 Å². The van der Waals surface area contributed by atoms with Crippen molar-refractivity contribution in [1.29, 1.82) is 0 Å². The molecule has 0 spiro atoms. The molecule has 1 atom stereocenters. The summed E-state index contributed by atoms with van der Waals surface area (Å²) in [5, 5.41) is 5.00. The van der Waals surface area contributed by atoms with Gasteiger partial charge in [-0.1, -0.05) is 30.4 Å². The second-order valence-electron chi connectivity index (χ2n) is 7.58. The summed E-state index contributed by atoms with van der Waals surface area (Å²) in [5.41, 5.74) is 2.23. The standard InChI is InChI=1S/C23H27N3O3S/c1-29-20-7-3-2-5-17(20)6-4-11-25-13-10-24-23(28)19(25)15-22(27)26-12-8-21-18(16-26)9-14-30-21/h2-7,9,14,19H,8,10-13,15-16H2,1H3,(H,24,28)/b6-4+/t19-/m0/s1. The molecule has 6 nitrogen and oxygen atoms in total. The van der Waals surface area contributed by atoms with Crippen LogP contribution in [-0.2, 0) is 22.6 Å². The number of nitrogens with one attached hydrogen (secondary N) is 1. The third-order valence-electron chi connectivity index (χ3n) is 5.75. The number of fused-ring (bicyclic) bond motifs is 1. The van der Waals surface area contributed by atoms with Crippen LogP contribution in [0.3, 0.4) is 0 Å². The number of piperazine rings is 1. The molecule has 2 aliphatic heterocycles. The topological polar surface area (TPSA) is 61.9 Å². The maximum absolute atomic E-state index is 13.0. The lowest BCUT2D eigenvalue weighted by atomic mass is 10.0. The van der Waals surface area contributed by atoms with Crippen molar-refractivity contribution >= 4 is 29.2 Å². The molecule has 7 heteroatoms. The van der Waals surface area contributed by atoms with E-state index in [2.05, 4.69) is 21.7 Å². The Labute approximate surface area is 181 Å². The lowest BCUT2D eigenvalue weighted by Crippen LogP contribution is -2.56. The van der Waals surface area contributed by atoms with Crippen molar-refractivity contribution in [2.45, 2.75) is 25.4 Å². The van der Waals surface area contributed by atoms with E-state index >= 15 is 0 Å². The van der Waals surface area contributed by atoms with Crippen LogP contribution in [0, 0.1) is 0 Å². The number of thiophene rings is 1. The predicted molar refractivity (Wildman–Crippen MR) is 118 cm³/mol. The van der Waals surface area contributed by atoms with Crippen LogP contribution >= 0.6 is 11.3 Å². The van der Waals surface area contributed by atoms with Crippen molar-refractivity contribution in [2.24, 2.45) is 0 Å². The van der Waals surface area contributed by atoms with E-state index in [4.69, 9.17) is 4.74 Å². The molecule has 1 saturated heterocycles. The molecule has 1 aromatic carbocycles. The van der Waals surface area contributed by atoms with E-state index in [1.807, 2.05) is 41.3 Å². The number of nitrogens with zero attached hydrogens (tertiary/aromatic N) is 2. The fourth-order valence-electron chi connectivity index (χ4n) is 4.08. The van der Waals surface area contributed by atoms with Crippen molar-refractivity contribution in [3.63, 3.8) is 0 Å². The van der Waals surface area contributed by atoms with E-state index in [9.17, 15) is 9.59 Å². The number of hydrogen-bond donors (Lipinski definition) is 1. The summed E-state index contributed by atoms with van der Waals surface area (Å²) in [5.74, 6) is 0.802. The molecule has 0 aliphatic carbocycles. The molecule has 0 bridgehead atoms. The Morgan fingerprint density at radius 1 is 1.30 bits per heavy atom. The van der Waals surface area contributed by atoms with Crippen LogP contribution in [0.1, 0.15) is 22.4 Å². The number of rotatable bonds is 6. The van der Waals surface area contributed by atoms with Gasteiger partial charge in [0.2, 0.25) is 11.8 Å². The summed E-state index contributed by atoms with van der Waals surface area (Å²) in [7, 11) is 1.66. The van der Waals surface area contributed by atoms with Crippen molar-refractivity contribution < 1.29 is 14.3 Å². The second-order valence-corrected chi connectivity index (χ2v) is 8.59. The smallest absolute Gasteiger partial charge is 0.237 e.